The van der Waals surface area contributed by atoms with Crippen LogP contribution in [0.3, 0.4) is 0 Å². The second-order valence-corrected chi connectivity index (χ2v) is 7.17. The minimum atomic E-state index is -4.59. The van der Waals surface area contributed by atoms with Gasteiger partial charge in [-0.25, -0.2) is 9.59 Å². The highest BCUT2D eigenvalue weighted by Gasteiger charge is 2.32. The third-order valence-corrected chi connectivity index (χ3v) is 5.02. The molecule has 29 heavy (non-hydrogen) atoms. The Kier molecular flexibility index (Phi) is 5.94. The summed E-state index contributed by atoms with van der Waals surface area (Å²) < 4.78 is 43.9. The number of aromatic nitrogens is 1. The Morgan fingerprint density at radius 2 is 1.90 bits per heavy atom. The average Bonchev–Trinajstić information content (AvgIpc) is 3.01. The van der Waals surface area contributed by atoms with Crippen molar-refractivity contribution in [1.29, 1.82) is 0 Å². The summed E-state index contributed by atoms with van der Waals surface area (Å²) in [6.07, 6.45) is -3.94. The van der Waals surface area contributed by atoms with Crippen molar-refractivity contribution >= 4 is 56.5 Å². The fraction of sp³-hybridized carbons (Fsp3) is 0.167. The van der Waals surface area contributed by atoms with E-state index in [1.807, 2.05) is 0 Å². The molecule has 2 heterocycles. The predicted octanol–water partition coefficient (Wildman–Crippen LogP) is 5.79. The molecule has 11 heteroatoms. The number of hydrogen-bond donors (Lipinski definition) is 2. The number of carbonyl (C=O) groups is 2. The number of nitrogens with zero attached hydrogens (tertiary/aromatic N) is 1. The molecule has 0 atom stereocenters. The largest absolute Gasteiger partial charge is 0.462 e. The molecule has 2 aromatic heterocycles. The van der Waals surface area contributed by atoms with Gasteiger partial charge in [-0.3, -0.25) is 4.98 Å². The number of pyridine rings is 1. The van der Waals surface area contributed by atoms with E-state index in [9.17, 15) is 22.8 Å². The van der Waals surface area contributed by atoms with Crippen LogP contribution in [0.2, 0.25) is 5.02 Å². The van der Waals surface area contributed by atoms with Crippen molar-refractivity contribution in [3.8, 4) is 0 Å². The fourth-order valence-corrected chi connectivity index (χ4v) is 3.57. The number of benzene rings is 1. The van der Waals surface area contributed by atoms with Gasteiger partial charge in [0.1, 0.15) is 10.4 Å². The first kappa shape index (κ1) is 20.9. The molecule has 0 spiro atoms. The molecule has 0 fully saturated rings. The number of alkyl halides is 3. The first-order valence-corrected chi connectivity index (χ1v) is 9.39. The minimum Gasteiger partial charge on any atom is -0.462 e. The van der Waals surface area contributed by atoms with Crippen LogP contribution in [0.25, 0.3) is 10.2 Å². The number of carbonyl (C=O) groups excluding carboxylic acids is 2. The van der Waals surface area contributed by atoms with Crippen LogP contribution in [0.1, 0.15) is 22.2 Å². The third-order valence-electron chi connectivity index (χ3n) is 3.66. The quantitative estimate of drug-likeness (QED) is 0.500. The van der Waals surface area contributed by atoms with Gasteiger partial charge in [0, 0.05) is 16.9 Å². The van der Waals surface area contributed by atoms with Crippen LogP contribution in [0.4, 0.5) is 29.3 Å². The Morgan fingerprint density at radius 3 is 2.52 bits per heavy atom. The zero-order chi connectivity index (χ0) is 21.2. The van der Waals surface area contributed by atoms with Crippen LogP contribution in [0.5, 0.6) is 0 Å². The Bertz CT molecular complexity index is 1070. The molecule has 0 unspecified atom stereocenters. The highest BCUT2D eigenvalue weighted by Crippen LogP contribution is 2.38. The number of halogens is 4. The topological polar surface area (TPSA) is 80.3 Å². The number of thiophene rings is 1. The molecule has 1 aromatic carbocycles. The maximum atomic E-state index is 13.0. The molecule has 2 N–H and O–H groups in total. The second-order valence-electron chi connectivity index (χ2n) is 5.68. The third kappa shape index (κ3) is 4.77. The smallest absolute Gasteiger partial charge is 0.417 e. The molecular weight excluding hydrogens is 431 g/mol. The molecule has 0 saturated carbocycles. The number of urea groups is 1. The van der Waals surface area contributed by atoms with E-state index in [2.05, 4.69) is 15.6 Å². The summed E-state index contributed by atoms with van der Waals surface area (Å²) >= 11 is 6.55. The van der Waals surface area contributed by atoms with Crippen molar-refractivity contribution < 1.29 is 27.5 Å². The summed E-state index contributed by atoms with van der Waals surface area (Å²) in [4.78, 5) is 28.4. The minimum absolute atomic E-state index is 0.0244. The van der Waals surface area contributed by atoms with Crippen molar-refractivity contribution in [3.05, 3.63) is 52.0 Å². The lowest BCUT2D eigenvalue weighted by Crippen LogP contribution is -2.20. The normalized spacial score (nSPS) is 11.3. The van der Waals surface area contributed by atoms with E-state index < -0.39 is 23.7 Å². The summed E-state index contributed by atoms with van der Waals surface area (Å²) in [7, 11) is 0. The first-order chi connectivity index (χ1) is 13.7. The first-order valence-electron chi connectivity index (χ1n) is 8.19. The maximum absolute atomic E-state index is 13.0. The van der Waals surface area contributed by atoms with E-state index >= 15 is 0 Å². The molecule has 3 aromatic rings. The number of nitrogens with one attached hydrogen (secondary N) is 2. The van der Waals surface area contributed by atoms with Gasteiger partial charge >= 0.3 is 18.2 Å². The molecule has 0 aliphatic carbocycles. The number of rotatable bonds is 4. The highest BCUT2D eigenvalue weighted by molar-refractivity contribution is 7.21. The van der Waals surface area contributed by atoms with E-state index in [1.165, 1.54) is 0 Å². The molecule has 0 saturated heterocycles. The molecule has 6 nitrogen and oxygen atoms in total. The number of anilines is 2. The standard InChI is InChI=1S/C18H13ClF3N3O3S/c1-2-28-16(26)15-14(25-17(27)24-11-5-3-10(19)4-6-11)13-12(29-15)7-9(8-23-13)18(20,21)22/h3-8H,2H2,1H3,(H2,24,25,27). The van der Waals surface area contributed by atoms with Crippen LogP contribution in [0, 0.1) is 0 Å². The van der Waals surface area contributed by atoms with Crippen LogP contribution >= 0.6 is 22.9 Å². The molecule has 3 rings (SSSR count). The lowest BCUT2D eigenvalue weighted by Gasteiger charge is -2.09. The summed E-state index contributed by atoms with van der Waals surface area (Å²) in [6.45, 7) is 1.65. The number of fused-ring (bicyclic) bond motifs is 1. The van der Waals surface area contributed by atoms with Crippen molar-refractivity contribution in [2.45, 2.75) is 13.1 Å². The van der Waals surface area contributed by atoms with Crippen LogP contribution in [-0.2, 0) is 10.9 Å². The van der Waals surface area contributed by atoms with Crippen molar-refractivity contribution in [1.82, 2.24) is 4.98 Å². The van der Waals surface area contributed by atoms with Gasteiger partial charge in [-0.15, -0.1) is 11.3 Å². The molecule has 0 bridgehead atoms. The second kappa shape index (κ2) is 8.26. The van der Waals surface area contributed by atoms with E-state index in [0.717, 1.165) is 17.4 Å². The van der Waals surface area contributed by atoms with Gasteiger partial charge in [0.2, 0.25) is 0 Å². The summed E-state index contributed by atoms with van der Waals surface area (Å²) in [5.41, 5.74) is -0.504. The van der Waals surface area contributed by atoms with Gasteiger partial charge in [-0.1, -0.05) is 11.6 Å². The van der Waals surface area contributed by atoms with Gasteiger partial charge in [0.25, 0.3) is 0 Å². The van der Waals surface area contributed by atoms with E-state index in [4.69, 9.17) is 16.3 Å². The summed E-state index contributed by atoms with van der Waals surface area (Å²) in [6, 6.07) is 6.43. The lowest BCUT2D eigenvalue weighted by atomic mass is 10.2. The average molecular weight is 444 g/mol. The highest BCUT2D eigenvalue weighted by atomic mass is 35.5. The van der Waals surface area contributed by atoms with Crippen LogP contribution in [0.15, 0.2) is 36.5 Å². The van der Waals surface area contributed by atoms with Gasteiger partial charge in [0.15, 0.2) is 0 Å². The number of ether oxygens (including phenoxy) is 1. The summed E-state index contributed by atoms with van der Waals surface area (Å²) in [5, 5.41) is 5.50. The van der Waals surface area contributed by atoms with Crippen LogP contribution in [-0.4, -0.2) is 23.6 Å². The van der Waals surface area contributed by atoms with E-state index in [1.54, 1.807) is 31.2 Å². The monoisotopic (exact) mass is 443 g/mol. The van der Waals surface area contributed by atoms with Crippen LogP contribution < -0.4 is 10.6 Å². The van der Waals surface area contributed by atoms with Gasteiger partial charge in [-0.2, -0.15) is 13.2 Å². The predicted molar refractivity (Wildman–Crippen MR) is 105 cm³/mol. The molecule has 0 aliphatic heterocycles. The number of esters is 1. The Morgan fingerprint density at radius 1 is 1.21 bits per heavy atom. The molecule has 152 valence electrons. The Labute approximate surface area is 171 Å². The lowest BCUT2D eigenvalue weighted by molar-refractivity contribution is -0.137. The SMILES string of the molecule is CCOC(=O)c1sc2cc(C(F)(F)F)cnc2c1NC(=O)Nc1ccc(Cl)cc1. The van der Waals surface area contributed by atoms with Crippen molar-refractivity contribution in [3.63, 3.8) is 0 Å². The Hall–Kier alpha value is -2.85. The zero-order valence-electron chi connectivity index (χ0n) is 14.8. The van der Waals surface area contributed by atoms with E-state index in [0.29, 0.717) is 16.9 Å². The maximum Gasteiger partial charge on any atom is 0.417 e. The summed E-state index contributed by atoms with van der Waals surface area (Å²) in [5.74, 6) is -0.772. The van der Waals surface area contributed by atoms with Gasteiger partial charge in [-0.05, 0) is 37.3 Å². The Balaban J connectivity index is 1.97. The van der Waals surface area contributed by atoms with Gasteiger partial charge < -0.3 is 15.4 Å². The van der Waals surface area contributed by atoms with Crippen molar-refractivity contribution in [2.75, 3.05) is 17.2 Å². The molecule has 0 aliphatic rings. The number of hydrogen-bond acceptors (Lipinski definition) is 5. The zero-order valence-corrected chi connectivity index (χ0v) is 16.3. The number of amides is 2. The molecular formula is C18H13ClF3N3O3S. The molecule has 0 radical (unpaired) electrons. The van der Waals surface area contributed by atoms with Gasteiger partial charge in [0.05, 0.1) is 22.6 Å². The van der Waals surface area contributed by atoms with Crippen molar-refractivity contribution in [2.24, 2.45) is 0 Å². The fourth-order valence-electron chi connectivity index (χ4n) is 2.40. The van der Waals surface area contributed by atoms with E-state index in [-0.39, 0.29) is 27.4 Å². The molecule has 2 amide bonds.